The van der Waals surface area contributed by atoms with Gasteiger partial charge in [0.05, 0.1) is 6.61 Å². The molecule has 0 bridgehead atoms. The predicted molar refractivity (Wildman–Crippen MR) is 94.2 cm³/mol. The van der Waals surface area contributed by atoms with Gasteiger partial charge in [-0.2, -0.15) is 0 Å². The largest absolute Gasteiger partial charge is 0.493 e. The Morgan fingerprint density at radius 3 is 2.29 bits per heavy atom. The molecule has 2 heteroatoms. The highest BCUT2D eigenvalue weighted by Gasteiger charge is 2.21. The van der Waals surface area contributed by atoms with Crippen LogP contribution in [0.15, 0.2) is 24.3 Å². The van der Waals surface area contributed by atoms with Crippen LogP contribution in [0, 0.1) is 11.8 Å². The first-order valence-corrected chi connectivity index (χ1v) is 9.71. The van der Waals surface area contributed by atoms with Gasteiger partial charge in [-0.3, -0.25) is 0 Å². The highest BCUT2D eigenvalue weighted by atomic mass is 79.9. The summed E-state index contributed by atoms with van der Waals surface area (Å²) in [7, 11) is 0. The minimum atomic E-state index is 0.767. The molecule has 0 spiro atoms. The van der Waals surface area contributed by atoms with Gasteiger partial charge in [0.25, 0.3) is 0 Å². The van der Waals surface area contributed by atoms with E-state index >= 15 is 0 Å². The predicted octanol–water partition coefficient (Wildman–Crippen LogP) is 6.35. The molecular weight excluding hydrogens is 324 g/mol. The Morgan fingerprint density at radius 1 is 1.00 bits per heavy atom. The van der Waals surface area contributed by atoms with E-state index in [0.717, 1.165) is 29.5 Å². The van der Waals surface area contributed by atoms with E-state index in [4.69, 9.17) is 4.74 Å². The third-order valence-electron chi connectivity index (χ3n) is 4.75. The first kappa shape index (κ1) is 16.9. The van der Waals surface area contributed by atoms with Crippen molar-refractivity contribution in [2.45, 2.75) is 63.6 Å². The summed E-state index contributed by atoms with van der Waals surface area (Å²) in [6, 6.07) is 8.45. The van der Waals surface area contributed by atoms with Gasteiger partial charge in [0.15, 0.2) is 0 Å². The standard InChI is InChI=1S/C19H29BrO/c1-2-3-4-5-16-6-8-18(9-7-16)15-21-19-12-10-17(14-20)11-13-19/h10-13,16,18H,2-9,14-15H2,1H3. The van der Waals surface area contributed by atoms with Crippen LogP contribution in [-0.2, 0) is 5.33 Å². The molecule has 0 saturated heterocycles. The molecule has 118 valence electrons. The van der Waals surface area contributed by atoms with Crippen molar-refractivity contribution >= 4 is 15.9 Å². The summed E-state index contributed by atoms with van der Waals surface area (Å²) in [6.07, 6.45) is 11.2. The van der Waals surface area contributed by atoms with Gasteiger partial charge >= 0.3 is 0 Å². The lowest BCUT2D eigenvalue weighted by Gasteiger charge is -2.28. The molecular formula is C19H29BrO. The molecule has 1 aromatic rings. The number of halogens is 1. The highest BCUT2D eigenvalue weighted by Crippen LogP contribution is 2.32. The van der Waals surface area contributed by atoms with Crippen LogP contribution >= 0.6 is 15.9 Å². The van der Waals surface area contributed by atoms with Gasteiger partial charge < -0.3 is 4.74 Å². The van der Waals surface area contributed by atoms with Gasteiger partial charge in [-0.15, -0.1) is 0 Å². The number of unbranched alkanes of at least 4 members (excludes halogenated alkanes) is 2. The number of rotatable bonds is 8. The first-order chi connectivity index (χ1) is 10.3. The second-order valence-electron chi connectivity index (χ2n) is 6.47. The van der Waals surface area contributed by atoms with Crippen LogP contribution in [-0.4, -0.2) is 6.61 Å². The molecule has 1 saturated carbocycles. The van der Waals surface area contributed by atoms with Crippen LogP contribution < -0.4 is 4.74 Å². The summed E-state index contributed by atoms with van der Waals surface area (Å²) in [5.41, 5.74) is 1.30. The van der Waals surface area contributed by atoms with Crippen molar-refractivity contribution in [1.29, 1.82) is 0 Å². The molecule has 0 aliphatic heterocycles. The van der Waals surface area contributed by atoms with Crippen LogP contribution in [0.4, 0.5) is 0 Å². The monoisotopic (exact) mass is 352 g/mol. The zero-order valence-corrected chi connectivity index (χ0v) is 14.9. The Labute approximate surface area is 138 Å². The van der Waals surface area contributed by atoms with Crippen molar-refractivity contribution < 1.29 is 4.74 Å². The Bertz CT molecular complexity index is 379. The summed E-state index contributed by atoms with van der Waals surface area (Å²) in [5, 5.41) is 0.912. The third kappa shape index (κ3) is 6.02. The maximum Gasteiger partial charge on any atom is 0.119 e. The van der Waals surface area contributed by atoms with Gasteiger partial charge in [0, 0.05) is 5.33 Å². The van der Waals surface area contributed by atoms with Crippen molar-refractivity contribution in [1.82, 2.24) is 0 Å². The fourth-order valence-corrected chi connectivity index (χ4v) is 3.63. The Morgan fingerprint density at radius 2 is 1.67 bits per heavy atom. The fraction of sp³-hybridized carbons (Fsp3) is 0.684. The maximum absolute atomic E-state index is 5.96. The Kier molecular flexibility index (Phi) is 7.63. The van der Waals surface area contributed by atoms with E-state index in [2.05, 4.69) is 47.1 Å². The van der Waals surface area contributed by atoms with Crippen LogP contribution in [0.1, 0.15) is 63.9 Å². The minimum Gasteiger partial charge on any atom is -0.493 e. The number of hydrogen-bond acceptors (Lipinski definition) is 1. The molecule has 0 radical (unpaired) electrons. The number of alkyl halides is 1. The SMILES string of the molecule is CCCCCC1CCC(COc2ccc(CBr)cc2)CC1. The first-order valence-electron chi connectivity index (χ1n) is 8.59. The molecule has 0 amide bonds. The molecule has 1 aliphatic rings. The number of ether oxygens (including phenoxy) is 1. The van der Waals surface area contributed by atoms with E-state index in [1.165, 1.54) is 56.9 Å². The summed E-state index contributed by atoms with van der Waals surface area (Å²) in [6.45, 7) is 3.19. The van der Waals surface area contributed by atoms with E-state index in [9.17, 15) is 0 Å². The molecule has 1 fully saturated rings. The van der Waals surface area contributed by atoms with Crippen molar-refractivity contribution in [2.75, 3.05) is 6.61 Å². The Hall–Kier alpha value is -0.500. The number of benzene rings is 1. The molecule has 21 heavy (non-hydrogen) atoms. The lowest BCUT2D eigenvalue weighted by atomic mass is 9.80. The fourth-order valence-electron chi connectivity index (χ4n) is 3.26. The molecule has 1 aromatic carbocycles. The van der Waals surface area contributed by atoms with Gasteiger partial charge in [0.1, 0.15) is 5.75 Å². The normalized spacial score (nSPS) is 22.2. The molecule has 0 atom stereocenters. The van der Waals surface area contributed by atoms with E-state index in [-0.39, 0.29) is 0 Å². The van der Waals surface area contributed by atoms with Gasteiger partial charge in [0.2, 0.25) is 0 Å². The van der Waals surface area contributed by atoms with Crippen LogP contribution in [0.2, 0.25) is 0 Å². The molecule has 1 aliphatic carbocycles. The highest BCUT2D eigenvalue weighted by molar-refractivity contribution is 9.08. The number of hydrogen-bond donors (Lipinski definition) is 0. The zero-order chi connectivity index (χ0) is 14.9. The second-order valence-corrected chi connectivity index (χ2v) is 7.03. The quantitative estimate of drug-likeness (QED) is 0.391. The van der Waals surface area contributed by atoms with Crippen molar-refractivity contribution in [3.63, 3.8) is 0 Å². The summed E-state index contributed by atoms with van der Waals surface area (Å²) in [5.74, 6) is 2.78. The molecule has 1 nitrogen and oxygen atoms in total. The topological polar surface area (TPSA) is 9.23 Å². The van der Waals surface area contributed by atoms with Gasteiger partial charge in [-0.05, 0) is 42.4 Å². The molecule has 0 heterocycles. The molecule has 0 unspecified atom stereocenters. The van der Waals surface area contributed by atoms with E-state index in [1.807, 2.05) is 0 Å². The van der Waals surface area contributed by atoms with Crippen molar-refractivity contribution in [3.05, 3.63) is 29.8 Å². The van der Waals surface area contributed by atoms with Crippen LogP contribution in [0.5, 0.6) is 5.75 Å². The molecule has 2 rings (SSSR count). The smallest absolute Gasteiger partial charge is 0.119 e. The summed E-state index contributed by atoms with van der Waals surface area (Å²) < 4.78 is 5.96. The van der Waals surface area contributed by atoms with E-state index in [0.29, 0.717) is 0 Å². The van der Waals surface area contributed by atoms with Crippen molar-refractivity contribution in [2.24, 2.45) is 11.8 Å². The average Bonchev–Trinajstić information content (AvgIpc) is 2.55. The lowest BCUT2D eigenvalue weighted by molar-refractivity contribution is 0.177. The second kappa shape index (κ2) is 9.50. The molecule has 0 aromatic heterocycles. The van der Waals surface area contributed by atoms with Crippen LogP contribution in [0.3, 0.4) is 0 Å². The zero-order valence-electron chi connectivity index (χ0n) is 13.3. The van der Waals surface area contributed by atoms with Crippen LogP contribution in [0.25, 0.3) is 0 Å². The summed E-state index contributed by atoms with van der Waals surface area (Å²) >= 11 is 3.47. The van der Waals surface area contributed by atoms with E-state index < -0.39 is 0 Å². The average molecular weight is 353 g/mol. The maximum atomic E-state index is 5.96. The van der Waals surface area contributed by atoms with E-state index in [1.54, 1.807) is 0 Å². The molecule has 0 N–H and O–H groups in total. The Balaban J connectivity index is 1.64. The van der Waals surface area contributed by atoms with Crippen molar-refractivity contribution in [3.8, 4) is 5.75 Å². The minimum absolute atomic E-state index is 0.767. The summed E-state index contributed by atoms with van der Waals surface area (Å²) in [4.78, 5) is 0. The van der Waals surface area contributed by atoms with Gasteiger partial charge in [-0.25, -0.2) is 0 Å². The lowest BCUT2D eigenvalue weighted by Crippen LogP contribution is -2.20. The van der Waals surface area contributed by atoms with Gasteiger partial charge in [-0.1, -0.05) is 73.5 Å². The third-order valence-corrected chi connectivity index (χ3v) is 5.39.